The molecule has 0 N–H and O–H groups in total. The Hall–Kier alpha value is -0.0400. The van der Waals surface area contributed by atoms with E-state index in [0.29, 0.717) is 6.10 Å². The van der Waals surface area contributed by atoms with E-state index in [2.05, 4.69) is 20.8 Å². The summed E-state index contributed by atoms with van der Waals surface area (Å²) < 4.78 is 5.38. The topological polar surface area (TPSA) is 9.23 Å². The fourth-order valence-electron chi connectivity index (χ4n) is 1.07. The highest BCUT2D eigenvalue weighted by atomic mass is 16.5. The van der Waals surface area contributed by atoms with E-state index < -0.39 is 0 Å². The summed E-state index contributed by atoms with van der Waals surface area (Å²) in [5.41, 5.74) is 0. The molecular formula is C7H14O. The Morgan fingerprint density at radius 2 is 1.88 bits per heavy atom. The van der Waals surface area contributed by atoms with Gasteiger partial charge in [-0.2, -0.15) is 0 Å². The van der Waals surface area contributed by atoms with Crippen LogP contribution in [0.5, 0.6) is 0 Å². The Morgan fingerprint density at radius 1 is 1.25 bits per heavy atom. The molecule has 0 saturated carbocycles. The molecule has 1 heteroatoms. The van der Waals surface area contributed by atoms with E-state index in [1.54, 1.807) is 0 Å². The summed E-state index contributed by atoms with van der Waals surface area (Å²) in [6.45, 7) is 7.60. The van der Waals surface area contributed by atoms with Gasteiger partial charge >= 0.3 is 0 Å². The highest BCUT2D eigenvalue weighted by Gasteiger charge is 2.26. The zero-order valence-corrected chi connectivity index (χ0v) is 5.85. The minimum Gasteiger partial charge on any atom is -0.378 e. The summed E-state index contributed by atoms with van der Waals surface area (Å²) in [6, 6.07) is 0. The van der Waals surface area contributed by atoms with Crippen LogP contribution in [0.4, 0.5) is 0 Å². The smallest absolute Gasteiger partial charge is 0.0576 e. The molecule has 0 spiro atoms. The first kappa shape index (κ1) is 6.09. The van der Waals surface area contributed by atoms with Gasteiger partial charge in [-0.15, -0.1) is 0 Å². The number of hydrogen-bond acceptors (Lipinski definition) is 1. The maximum absolute atomic E-state index is 5.38. The summed E-state index contributed by atoms with van der Waals surface area (Å²) in [6.07, 6.45) is 0.491. The van der Waals surface area contributed by atoms with E-state index in [0.717, 1.165) is 18.4 Å². The van der Waals surface area contributed by atoms with Gasteiger partial charge < -0.3 is 4.74 Å². The van der Waals surface area contributed by atoms with Gasteiger partial charge in [0.05, 0.1) is 6.10 Å². The largest absolute Gasteiger partial charge is 0.378 e. The molecule has 1 heterocycles. The Bertz CT molecular complexity index is 70.5. The fourth-order valence-corrected chi connectivity index (χ4v) is 1.07. The van der Waals surface area contributed by atoms with Gasteiger partial charge in [0.15, 0.2) is 0 Å². The fraction of sp³-hybridized carbons (Fsp3) is 1.00. The molecule has 8 heavy (non-hydrogen) atoms. The van der Waals surface area contributed by atoms with E-state index in [-0.39, 0.29) is 0 Å². The summed E-state index contributed by atoms with van der Waals surface area (Å²) in [7, 11) is 0. The average molecular weight is 114 g/mol. The molecule has 0 aromatic heterocycles. The van der Waals surface area contributed by atoms with Crippen molar-refractivity contribution in [2.45, 2.75) is 26.9 Å². The second-order valence-electron chi connectivity index (χ2n) is 2.87. The number of rotatable bonds is 0. The van der Waals surface area contributed by atoms with Gasteiger partial charge in [0, 0.05) is 6.61 Å². The molecule has 0 aromatic carbocycles. The lowest BCUT2D eigenvalue weighted by atomic mass is 9.96. The summed E-state index contributed by atoms with van der Waals surface area (Å²) in [5.74, 6) is 1.53. The van der Waals surface area contributed by atoms with Gasteiger partial charge in [0.25, 0.3) is 0 Å². The van der Waals surface area contributed by atoms with Crippen LogP contribution in [0.1, 0.15) is 20.8 Å². The van der Waals surface area contributed by atoms with Crippen molar-refractivity contribution in [3.63, 3.8) is 0 Å². The van der Waals surface area contributed by atoms with Crippen LogP contribution >= 0.6 is 0 Å². The van der Waals surface area contributed by atoms with E-state index in [9.17, 15) is 0 Å². The minimum atomic E-state index is 0.491. The van der Waals surface area contributed by atoms with Gasteiger partial charge in [0.2, 0.25) is 0 Å². The molecule has 0 radical (unpaired) electrons. The van der Waals surface area contributed by atoms with Crippen molar-refractivity contribution in [1.82, 2.24) is 0 Å². The van der Waals surface area contributed by atoms with Crippen LogP contribution in [0.2, 0.25) is 0 Å². The number of ether oxygens (including phenoxy) is 1. The van der Waals surface area contributed by atoms with Crippen molar-refractivity contribution in [3.8, 4) is 0 Å². The van der Waals surface area contributed by atoms with Crippen LogP contribution < -0.4 is 0 Å². The molecule has 0 amide bonds. The van der Waals surface area contributed by atoms with Crippen LogP contribution in [-0.4, -0.2) is 12.7 Å². The van der Waals surface area contributed by atoms with E-state index in [1.165, 1.54) is 0 Å². The molecule has 1 aliphatic heterocycles. The highest BCUT2D eigenvalue weighted by Crippen LogP contribution is 2.24. The predicted molar refractivity (Wildman–Crippen MR) is 33.7 cm³/mol. The summed E-state index contributed by atoms with van der Waals surface area (Å²) in [4.78, 5) is 0. The summed E-state index contributed by atoms with van der Waals surface area (Å²) >= 11 is 0. The third kappa shape index (κ3) is 0.873. The minimum absolute atomic E-state index is 0.491. The average Bonchev–Trinajstić information content (AvgIpc) is 1.98. The standard InChI is InChI=1S/C7H14O/c1-5-4-8-7(3)6(5)2/h5-7H,4H2,1-3H3/t5-,6-,7+/m0/s1. The molecule has 3 atom stereocenters. The lowest BCUT2D eigenvalue weighted by Gasteiger charge is -2.09. The number of hydrogen-bond donors (Lipinski definition) is 0. The molecule has 1 aliphatic rings. The van der Waals surface area contributed by atoms with Crippen LogP contribution in [0.3, 0.4) is 0 Å². The Morgan fingerprint density at radius 3 is 2.00 bits per heavy atom. The lowest BCUT2D eigenvalue weighted by Crippen LogP contribution is -2.10. The molecule has 0 aliphatic carbocycles. The van der Waals surface area contributed by atoms with Crippen molar-refractivity contribution >= 4 is 0 Å². The molecule has 48 valence electrons. The Labute approximate surface area is 51.0 Å². The van der Waals surface area contributed by atoms with E-state index in [1.807, 2.05) is 0 Å². The third-order valence-corrected chi connectivity index (χ3v) is 2.26. The van der Waals surface area contributed by atoms with Crippen molar-refractivity contribution in [3.05, 3.63) is 0 Å². The molecule has 0 bridgehead atoms. The molecule has 1 rings (SSSR count). The van der Waals surface area contributed by atoms with Crippen molar-refractivity contribution in [2.75, 3.05) is 6.61 Å². The quantitative estimate of drug-likeness (QED) is 0.465. The maximum atomic E-state index is 5.38. The van der Waals surface area contributed by atoms with Crippen molar-refractivity contribution in [1.29, 1.82) is 0 Å². The van der Waals surface area contributed by atoms with Crippen LogP contribution in [0, 0.1) is 11.8 Å². The first-order valence-corrected chi connectivity index (χ1v) is 3.33. The van der Waals surface area contributed by atoms with Gasteiger partial charge in [0.1, 0.15) is 0 Å². The zero-order valence-electron chi connectivity index (χ0n) is 5.85. The van der Waals surface area contributed by atoms with Gasteiger partial charge in [-0.05, 0) is 18.8 Å². The van der Waals surface area contributed by atoms with E-state index >= 15 is 0 Å². The zero-order chi connectivity index (χ0) is 6.15. The second kappa shape index (κ2) is 2.06. The van der Waals surface area contributed by atoms with Gasteiger partial charge in [-0.3, -0.25) is 0 Å². The van der Waals surface area contributed by atoms with Crippen LogP contribution in [0.15, 0.2) is 0 Å². The van der Waals surface area contributed by atoms with E-state index in [4.69, 9.17) is 4.74 Å². The van der Waals surface area contributed by atoms with Crippen molar-refractivity contribution in [2.24, 2.45) is 11.8 Å². The van der Waals surface area contributed by atoms with Crippen molar-refractivity contribution < 1.29 is 4.74 Å². The Balaban J connectivity index is 2.44. The predicted octanol–water partition coefficient (Wildman–Crippen LogP) is 1.68. The molecular weight excluding hydrogens is 100 g/mol. The SMILES string of the molecule is C[C@H]1[C@@H](C)CO[C@@H]1C. The van der Waals surface area contributed by atoms with Gasteiger partial charge in [-0.25, -0.2) is 0 Å². The van der Waals surface area contributed by atoms with Crippen LogP contribution in [0.25, 0.3) is 0 Å². The molecule has 0 aromatic rings. The molecule has 1 saturated heterocycles. The lowest BCUT2D eigenvalue weighted by molar-refractivity contribution is 0.108. The second-order valence-corrected chi connectivity index (χ2v) is 2.87. The third-order valence-electron chi connectivity index (χ3n) is 2.26. The molecule has 1 fully saturated rings. The highest BCUT2D eigenvalue weighted by molar-refractivity contribution is 4.73. The maximum Gasteiger partial charge on any atom is 0.0576 e. The Kier molecular flexibility index (Phi) is 1.57. The first-order valence-electron chi connectivity index (χ1n) is 3.33. The monoisotopic (exact) mass is 114 g/mol. The first-order chi connectivity index (χ1) is 3.72. The van der Waals surface area contributed by atoms with Crippen LogP contribution in [-0.2, 0) is 4.74 Å². The summed E-state index contributed by atoms with van der Waals surface area (Å²) in [5, 5.41) is 0. The normalized spacial score (nSPS) is 47.6. The molecule has 0 unspecified atom stereocenters. The van der Waals surface area contributed by atoms with Gasteiger partial charge in [-0.1, -0.05) is 13.8 Å². The molecule has 1 nitrogen and oxygen atoms in total.